The average Bonchev–Trinajstić information content (AvgIpc) is 2.15. The van der Waals surface area contributed by atoms with Gasteiger partial charge in [0.1, 0.15) is 5.56 Å². The molecule has 8 heteroatoms. The molecule has 15 heavy (non-hydrogen) atoms. The molecule has 0 amide bonds. The Hall–Kier alpha value is -1.99. The van der Waals surface area contributed by atoms with Crippen molar-refractivity contribution in [3.8, 4) is 5.75 Å². The van der Waals surface area contributed by atoms with Crippen molar-refractivity contribution < 1.29 is 18.4 Å². The van der Waals surface area contributed by atoms with Crippen molar-refractivity contribution in [2.45, 2.75) is 6.43 Å². The average molecular weight is 220 g/mol. The molecular formula is C7H6F2N2O4. The van der Waals surface area contributed by atoms with Gasteiger partial charge in [0.15, 0.2) is 0 Å². The van der Waals surface area contributed by atoms with Crippen LogP contribution in [0, 0.1) is 10.1 Å². The predicted molar refractivity (Wildman–Crippen MR) is 45.2 cm³/mol. The standard InChI is InChI=1S/C7H6F2N2O4/c1-15-5-3(11(13)14)2-10-7(12)4(5)6(8)9/h2,6H,1H3,(H,10,12). The Morgan fingerprint density at radius 2 is 2.20 bits per heavy atom. The van der Waals surface area contributed by atoms with Crippen molar-refractivity contribution in [1.82, 2.24) is 4.98 Å². The van der Waals surface area contributed by atoms with Crippen LogP contribution in [0.3, 0.4) is 0 Å². The molecule has 0 fully saturated rings. The second-order valence-electron chi connectivity index (χ2n) is 2.51. The number of hydrogen-bond acceptors (Lipinski definition) is 4. The number of H-pyrrole nitrogens is 1. The summed E-state index contributed by atoms with van der Waals surface area (Å²) in [6.07, 6.45) is -2.42. The van der Waals surface area contributed by atoms with Gasteiger partial charge < -0.3 is 9.72 Å². The van der Waals surface area contributed by atoms with E-state index in [9.17, 15) is 23.7 Å². The molecule has 0 aliphatic carbocycles. The molecule has 0 radical (unpaired) electrons. The first-order valence-corrected chi connectivity index (χ1v) is 3.71. The van der Waals surface area contributed by atoms with Crippen LogP contribution in [-0.2, 0) is 0 Å². The van der Waals surface area contributed by atoms with Gasteiger partial charge in [-0.15, -0.1) is 0 Å². The summed E-state index contributed by atoms with van der Waals surface area (Å²) in [5.74, 6) is -0.709. The number of ether oxygens (including phenoxy) is 1. The molecule has 82 valence electrons. The number of hydrogen-bond donors (Lipinski definition) is 1. The summed E-state index contributed by atoms with van der Waals surface area (Å²) in [5.41, 5.74) is -2.84. The van der Waals surface area contributed by atoms with E-state index in [1.165, 1.54) is 0 Å². The summed E-state index contributed by atoms with van der Waals surface area (Å²) in [5, 5.41) is 10.4. The fourth-order valence-corrected chi connectivity index (χ4v) is 1.07. The summed E-state index contributed by atoms with van der Waals surface area (Å²) in [6, 6.07) is 0. The Bertz CT molecular complexity index is 443. The Kier molecular flexibility index (Phi) is 2.98. The lowest BCUT2D eigenvalue weighted by atomic mass is 10.2. The lowest BCUT2D eigenvalue weighted by molar-refractivity contribution is -0.386. The minimum Gasteiger partial charge on any atom is -0.490 e. The van der Waals surface area contributed by atoms with Crippen molar-refractivity contribution >= 4 is 5.69 Å². The van der Waals surface area contributed by atoms with Gasteiger partial charge in [0.05, 0.1) is 18.2 Å². The quantitative estimate of drug-likeness (QED) is 0.613. The number of pyridine rings is 1. The van der Waals surface area contributed by atoms with E-state index in [1.807, 2.05) is 4.98 Å². The number of aromatic nitrogens is 1. The molecule has 1 heterocycles. The van der Waals surface area contributed by atoms with Gasteiger partial charge in [-0.25, -0.2) is 8.78 Å². The van der Waals surface area contributed by atoms with Crippen molar-refractivity contribution in [1.29, 1.82) is 0 Å². The molecule has 1 aromatic rings. The highest BCUT2D eigenvalue weighted by Crippen LogP contribution is 2.32. The van der Waals surface area contributed by atoms with Crippen molar-refractivity contribution in [2.24, 2.45) is 0 Å². The molecule has 1 aromatic heterocycles. The number of rotatable bonds is 3. The van der Waals surface area contributed by atoms with E-state index in [2.05, 4.69) is 4.74 Å². The van der Waals surface area contributed by atoms with Crippen molar-refractivity contribution in [2.75, 3.05) is 7.11 Å². The smallest absolute Gasteiger partial charge is 0.327 e. The van der Waals surface area contributed by atoms with Gasteiger partial charge in [-0.2, -0.15) is 0 Å². The number of nitrogens with zero attached hydrogens (tertiary/aromatic N) is 1. The second kappa shape index (κ2) is 4.03. The third kappa shape index (κ3) is 1.92. The van der Waals surface area contributed by atoms with Gasteiger partial charge in [-0.3, -0.25) is 14.9 Å². The maximum absolute atomic E-state index is 12.4. The minimum absolute atomic E-state index is 0.701. The Morgan fingerprint density at radius 3 is 2.60 bits per heavy atom. The van der Waals surface area contributed by atoms with Crippen molar-refractivity contribution in [3.05, 3.63) is 32.2 Å². The minimum atomic E-state index is -3.14. The summed E-state index contributed by atoms with van der Waals surface area (Å²) < 4.78 is 29.2. The topological polar surface area (TPSA) is 85.2 Å². The predicted octanol–water partition coefficient (Wildman–Crippen LogP) is 1.23. The van der Waals surface area contributed by atoms with E-state index < -0.39 is 33.9 Å². The van der Waals surface area contributed by atoms with Gasteiger partial charge in [-0.1, -0.05) is 0 Å². The van der Waals surface area contributed by atoms with Crippen LogP contribution >= 0.6 is 0 Å². The lowest BCUT2D eigenvalue weighted by Crippen LogP contribution is -2.15. The second-order valence-corrected chi connectivity index (χ2v) is 2.51. The van der Waals surface area contributed by atoms with Gasteiger partial charge in [0, 0.05) is 0 Å². The summed E-state index contributed by atoms with van der Waals surface area (Å²) in [6.45, 7) is 0. The van der Waals surface area contributed by atoms with E-state index in [0.29, 0.717) is 6.20 Å². The molecule has 1 rings (SSSR count). The molecule has 0 saturated heterocycles. The number of halogens is 2. The van der Waals surface area contributed by atoms with Crippen LogP contribution in [0.25, 0.3) is 0 Å². The van der Waals surface area contributed by atoms with Crippen LogP contribution in [0.1, 0.15) is 12.0 Å². The molecule has 6 nitrogen and oxygen atoms in total. The maximum Gasteiger partial charge on any atom is 0.327 e. The summed E-state index contributed by atoms with van der Waals surface area (Å²) in [7, 11) is 0.980. The molecule has 1 N–H and O–H groups in total. The fraction of sp³-hybridized carbons (Fsp3) is 0.286. The third-order valence-corrected chi connectivity index (χ3v) is 1.68. The number of nitrogens with one attached hydrogen (secondary N) is 1. The summed E-state index contributed by atoms with van der Waals surface area (Å²) in [4.78, 5) is 22.3. The van der Waals surface area contributed by atoms with Gasteiger partial charge in [0.25, 0.3) is 12.0 Å². The molecule has 0 atom stereocenters. The largest absolute Gasteiger partial charge is 0.490 e. The Morgan fingerprint density at radius 1 is 1.60 bits per heavy atom. The maximum atomic E-state index is 12.4. The first kappa shape index (κ1) is 11.1. The highest BCUT2D eigenvalue weighted by molar-refractivity contribution is 5.49. The van der Waals surface area contributed by atoms with E-state index in [-0.39, 0.29) is 0 Å². The normalized spacial score (nSPS) is 10.4. The van der Waals surface area contributed by atoms with E-state index in [1.54, 1.807) is 0 Å². The first-order chi connectivity index (χ1) is 6.99. The monoisotopic (exact) mass is 220 g/mol. The number of methoxy groups -OCH3 is 1. The molecule has 0 aliphatic heterocycles. The zero-order valence-electron chi connectivity index (χ0n) is 7.49. The highest BCUT2D eigenvalue weighted by atomic mass is 19.3. The van der Waals surface area contributed by atoms with Gasteiger partial charge >= 0.3 is 5.69 Å². The number of alkyl halides is 2. The number of nitro groups is 1. The van der Waals surface area contributed by atoms with Crippen LogP contribution in [0.5, 0.6) is 5.75 Å². The van der Waals surface area contributed by atoms with Crippen LogP contribution in [0.2, 0.25) is 0 Å². The SMILES string of the molecule is COc1c([N+](=O)[O-])c[nH]c(=O)c1C(F)F. The van der Waals surface area contributed by atoms with E-state index in [4.69, 9.17) is 0 Å². The fourth-order valence-electron chi connectivity index (χ4n) is 1.07. The lowest BCUT2D eigenvalue weighted by Gasteiger charge is -2.06. The molecule has 0 bridgehead atoms. The van der Waals surface area contributed by atoms with Crippen LogP contribution < -0.4 is 10.3 Å². The Labute approximate surface area is 81.6 Å². The van der Waals surface area contributed by atoms with Crippen molar-refractivity contribution in [3.63, 3.8) is 0 Å². The van der Waals surface area contributed by atoms with Crippen LogP contribution in [-0.4, -0.2) is 17.0 Å². The van der Waals surface area contributed by atoms with E-state index in [0.717, 1.165) is 7.11 Å². The molecule has 0 aliphatic rings. The van der Waals surface area contributed by atoms with Gasteiger partial charge in [0.2, 0.25) is 5.75 Å². The van der Waals surface area contributed by atoms with E-state index >= 15 is 0 Å². The Balaban J connectivity index is 3.54. The van der Waals surface area contributed by atoms with Crippen LogP contribution in [0.15, 0.2) is 11.0 Å². The first-order valence-electron chi connectivity index (χ1n) is 3.71. The summed E-state index contributed by atoms with van der Waals surface area (Å²) >= 11 is 0. The molecule has 0 unspecified atom stereocenters. The molecule has 0 spiro atoms. The molecule has 0 saturated carbocycles. The number of aromatic amines is 1. The van der Waals surface area contributed by atoms with Gasteiger partial charge in [-0.05, 0) is 0 Å². The van der Waals surface area contributed by atoms with Crippen LogP contribution in [0.4, 0.5) is 14.5 Å². The zero-order valence-corrected chi connectivity index (χ0v) is 7.49. The molecule has 0 aromatic carbocycles. The molecular weight excluding hydrogens is 214 g/mol. The highest BCUT2D eigenvalue weighted by Gasteiger charge is 2.27. The zero-order chi connectivity index (χ0) is 11.6. The third-order valence-electron chi connectivity index (χ3n) is 1.68.